The Kier molecular flexibility index (Phi) is 4.15. The summed E-state index contributed by atoms with van der Waals surface area (Å²) in [5.41, 5.74) is 7.84. The number of ether oxygens (including phenoxy) is 1. The highest BCUT2D eigenvalue weighted by Crippen LogP contribution is 2.21. The van der Waals surface area contributed by atoms with Crippen molar-refractivity contribution in [3.8, 4) is 0 Å². The van der Waals surface area contributed by atoms with Gasteiger partial charge in [-0.2, -0.15) is 0 Å². The summed E-state index contributed by atoms with van der Waals surface area (Å²) in [7, 11) is 0. The molecule has 0 amide bonds. The minimum Gasteiger partial charge on any atom is -0.381 e. The van der Waals surface area contributed by atoms with Crippen molar-refractivity contribution in [2.24, 2.45) is 5.73 Å². The zero-order chi connectivity index (χ0) is 13.0. The fraction of sp³-hybridized carbons (Fsp3) is 0.533. The van der Waals surface area contributed by atoms with Gasteiger partial charge in [0.05, 0.1) is 5.54 Å². The fourth-order valence-electron chi connectivity index (χ4n) is 2.27. The average Bonchev–Trinajstić information content (AvgIpc) is 2.40. The Balaban J connectivity index is 2.01. The predicted octanol–water partition coefficient (Wildman–Crippen LogP) is 1.87. The minimum absolute atomic E-state index is 0.134. The van der Waals surface area contributed by atoms with Crippen LogP contribution in [0.1, 0.15) is 30.9 Å². The standard InChI is InChI=1S/C15H21NO2/c1-2-12-3-5-13(6-4-12)11-14(17)15(16)7-9-18-10-8-15/h3-6H,2,7-11,16H2,1H3. The number of carbonyl (C=O) groups is 1. The third kappa shape index (κ3) is 2.98. The Labute approximate surface area is 108 Å². The van der Waals surface area contributed by atoms with Crippen molar-refractivity contribution >= 4 is 5.78 Å². The van der Waals surface area contributed by atoms with E-state index in [0.717, 1.165) is 12.0 Å². The van der Waals surface area contributed by atoms with Gasteiger partial charge in [0.1, 0.15) is 0 Å². The lowest BCUT2D eigenvalue weighted by Gasteiger charge is -2.31. The van der Waals surface area contributed by atoms with Crippen LogP contribution in [0.5, 0.6) is 0 Å². The van der Waals surface area contributed by atoms with E-state index < -0.39 is 5.54 Å². The summed E-state index contributed by atoms with van der Waals surface area (Å²) in [4.78, 5) is 12.3. The molecule has 1 saturated heterocycles. The van der Waals surface area contributed by atoms with Gasteiger partial charge in [0.2, 0.25) is 0 Å². The van der Waals surface area contributed by atoms with Crippen molar-refractivity contribution in [3.63, 3.8) is 0 Å². The molecule has 0 atom stereocenters. The molecule has 2 rings (SSSR count). The monoisotopic (exact) mass is 247 g/mol. The smallest absolute Gasteiger partial charge is 0.157 e. The number of aryl methyl sites for hydroxylation is 1. The lowest BCUT2D eigenvalue weighted by Crippen LogP contribution is -2.52. The molecule has 0 radical (unpaired) electrons. The van der Waals surface area contributed by atoms with E-state index in [2.05, 4.69) is 19.1 Å². The Morgan fingerprint density at radius 3 is 2.33 bits per heavy atom. The van der Waals surface area contributed by atoms with Crippen LogP contribution in [0.3, 0.4) is 0 Å². The Morgan fingerprint density at radius 1 is 1.22 bits per heavy atom. The van der Waals surface area contributed by atoms with Gasteiger partial charge in [-0.05, 0) is 30.4 Å². The summed E-state index contributed by atoms with van der Waals surface area (Å²) in [6, 6.07) is 8.21. The number of hydrogen-bond acceptors (Lipinski definition) is 3. The molecular formula is C15H21NO2. The highest BCUT2D eigenvalue weighted by molar-refractivity contribution is 5.90. The Bertz CT molecular complexity index is 405. The summed E-state index contributed by atoms with van der Waals surface area (Å²) in [5.74, 6) is 0.134. The first-order valence-electron chi connectivity index (χ1n) is 6.62. The van der Waals surface area contributed by atoms with Gasteiger partial charge in [0.15, 0.2) is 5.78 Å². The Hall–Kier alpha value is -1.19. The summed E-state index contributed by atoms with van der Waals surface area (Å²) < 4.78 is 5.26. The number of rotatable bonds is 4. The molecule has 1 aromatic carbocycles. The lowest BCUT2D eigenvalue weighted by atomic mass is 9.84. The molecule has 0 saturated carbocycles. The molecule has 0 spiro atoms. The molecule has 0 aliphatic carbocycles. The van der Waals surface area contributed by atoms with Crippen LogP contribution in [0.2, 0.25) is 0 Å². The van der Waals surface area contributed by atoms with Crippen LogP contribution in [0.25, 0.3) is 0 Å². The lowest BCUT2D eigenvalue weighted by molar-refractivity contribution is -0.126. The summed E-state index contributed by atoms with van der Waals surface area (Å²) in [5, 5.41) is 0. The van der Waals surface area contributed by atoms with Crippen LogP contribution >= 0.6 is 0 Å². The molecular weight excluding hydrogens is 226 g/mol. The molecule has 0 aromatic heterocycles. The molecule has 18 heavy (non-hydrogen) atoms. The zero-order valence-corrected chi connectivity index (χ0v) is 10.9. The molecule has 1 fully saturated rings. The van der Waals surface area contributed by atoms with Gasteiger partial charge in [0, 0.05) is 19.6 Å². The number of hydrogen-bond donors (Lipinski definition) is 1. The van der Waals surface area contributed by atoms with E-state index in [0.29, 0.717) is 32.5 Å². The second-order valence-electron chi connectivity index (χ2n) is 5.04. The van der Waals surface area contributed by atoms with Crippen molar-refractivity contribution in [2.45, 2.75) is 38.1 Å². The third-order valence-corrected chi connectivity index (χ3v) is 3.74. The predicted molar refractivity (Wildman–Crippen MR) is 71.5 cm³/mol. The summed E-state index contributed by atoms with van der Waals surface area (Å²) >= 11 is 0. The summed E-state index contributed by atoms with van der Waals surface area (Å²) in [6.45, 7) is 3.31. The van der Waals surface area contributed by atoms with Gasteiger partial charge in [-0.1, -0.05) is 31.2 Å². The van der Waals surface area contributed by atoms with Gasteiger partial charge in [0.25, 0.3) is 0 Å². The number of ketones is 1. The van der Waals surface area contributed by atoms with Crippen molar-refractivity contribution in [3.05, 3.63) is 35.4 Å². The van der Waals surface area contributed by atoms with Crippen LogP contribution in [0.4, 0.5) is 0 Å². The maximum atomic E-state index is 12.3. The van der Waals surface area contributed by atoms with Crippen molar-refractivity contribution in [2.75, 3.05) is 13.2 Å². The number of carbonyl (C=O) groups excluding carboxylic acids is 1. The highest BCUT2D eigenvalue weighted by atomic mass is 16.5. The van der Waals surface area contributed by atoms with E-state index in [1.165, 1.54) is 5.56 Å². The third-order valence-electron chi connectivity index (χ3n) is 3.74. The molecule has 1 heterocycles. The van der Waals surface area contributed by atoms with Crippen molar-refractivity contribution in [1.29, 1.82) is 0 Å². The molecule has 0 unspecified atom stereocenters. The number of nitrogens with two attached hydrogens (primary N) is 1. The van der Waals surface area contributed by atoms with E-state index in [1.54, 1.807) is 0 Å². The first-order valence-corrected chi connectivity index (χ1v) is 6.62. The van der Waals surface area contributed by atoms with E-state index in [1.807, 2.05) is 12.1 Å². The van der Waals surface area contributed by atoms with Gasteiger partial charge < -0.3 is 10.5 Å². The van der Waals surface area contributed by atoms with Gasteiger partial charge >= 0.3 is 0 Å². The van der Waals surface area contributed by atoms with E-state index in [-0.39, 0.29) is 5.78 Å². The molecule has 3 nitrogen and oxygen atoms in total. The van der Waals surface area contributed by atoms with Crippen LogP contribution in [0.15, 0.2) is 24.3 Å². The van der Waals surface area contributed by atoms with E-state index >= 15 is 0 Å². The number of benzene rings is 1. The van der Waals surface area contributed by atoms with Gasteiger partial charge in [-0.25, -0.2) is 0 Å². The normalized spacial score (nSPS) is 18.6. The first kappa shape index (κ1) is 13.2. The van der Waals surface area contributed by atoms with E-state index in [4.69, 9.17) is 10.5 Å². The topological polar surface area (TPSA) is 52.3 Å². The van der Waals surface area contributed by atoms with Gasteiger partial charge in [-0.3, -0.25) is 4.79 Å². The first-order chi connectivity index (χ1) is 8.64. The van der Waals surface area contributed by atoms with Crippen LogP contribution < -0.4 is 5.73 Å². The van der Waals surface area contributed by atoms with Crippen LogP contribution in [-0.2, 0) is 22.4 Å². The summed E-state index contributed by atoms with van der Waals surface area (Å²) in [6.07, 6.45) is 2.73. The minimum atomic E-state index is -0.679. The molecule has 98 valence electrons. The highest BCUT2D eigenvalue weighted by Gasteiger charge is 2.35. The molecule has 3 heteroatoms. The average molecular weight is 247 g/mol. The molecule has 1 aliphatic heterocycles. The maximum absolute atomic E-state index is 12.3. The molecule has 2 N–H and O–H groups in total. The fourth-order valence-corrected chi connectivity index (χ4v) is 2.27. The Morgan fingerprint density at radius 2 is 1.78 bits per heavy atom. The second kappa shape index (κ2) is 5.63. The molecule has 1 aromatic rings. The van der Waals surface area contributed by atoms with Gasteiger partial charge in [-0.15, -0.1) is 0 Å². The number of Topliss-reactive ketones (excluding diaryl/α,β-unsaturated/α-hetero) is 1. The largest absolute Gasteiger partial charge is 0.381 e. The zero-order valence-electron chi connectivity index (χ0n) is 10.9. The van der Waals surface area contributed by atoms with E-state index in [9.17, 15) is 4.79 Å². The van der Waals surface area contributed by atoms with Crippen LogP contribution in [-0.4, -0.2) is 24.5 Å². The quantitative estimate of drug-likeness (QED) is 0.883. The van der Waals surface area contributed by atoms with Crippen molar-refractivity contribution < 1.29 is 9.53 Å². The maximum Gasteiger partial charge on any atom is 0.157 e. The SMILES string of the molecule is CCc1ccc(CC(=O)C2(N)CCOCC2)cc1. The second-order valence-corrected chi connectivity index (χ2v) is 5.04. The van der Waals surface area contributed by atoms with Crippen molar-refractivity contribution in [1.82, 2.24) is 0 Å². The van der Waals surface area contributed by atoms with Crippen LogP contribution in [0, 0.1) is 0 Å². The molecule has 0 bridgehead atoms. The molecule has 1 aliphatic rings.